The molecule has 0 N–H and O–H groups in total. The van der Waals surface area contributed by atoms with Crippen LogP contribution in [0.25, 0.3) is 0 Å². The molecule has 0 aromatic heterocycles. The molecule has 0 bridgehead atoms. The summed E-state index contributed by atoms with van der Waals surface area (Å²) in [5.74, 6) is 0. The van der Waals surface area contributed by atoms with E-state index in [0.29, 0.717) is 0 Å². The highest BCUT2D eigenvalue weighted by Crippen LogP contribution is 2.74. The summed E-state index contributed by atoms with van der Waals surface area (Å²) in [5, 5.41) is 0. The van der Waals surface area contributed by atoms with Gasteiger partial charge in [-0.2, -0.15) is 0 Å². The molecule has 16 heavy (non-hydrogen) atoms. The standard InChI is InChI=1S/C9H16Br2FN2OP/c1-13-7-5-3-4-6-8(7)14(2)16(13,15)9(10,11)12/h7-8H,3-6H2,1-2H3/t7-,8-/m1/s1. The minimum absolute atomic E-state index is 0.217. The van der Waals surface area contributed by atoms with Gasteiger partial charge in [-0.1, -0.05) is 12.8 Å². The molecule has 2 aliphatic rings. The van der Waals surface area contributed by atoms with Crippen molar-refractivity contribution in [2.45, 2.75) is 41.0 Å². The Bertz CT molecular complexity index is 314. The van der Waals surface area contributed by atoms with Crippen molar-refractivity contribution in [3.8, 4) is 0 Å². The van der Waals surface area contributed by atoms with Crippen LogP contribution in [0.4, 0.5) is 4.39 Å². The van der Waals surface area contributed by atoms with E-state index in [9.17, 15) is 8.96 Å². The number of nitrogens with zero attached hydrogens (tertiary/aromatic N) is 2. The van der Waals surface area contributed by atoms with Crippen LogP contribution in [0.5, 0.6) is 0 Å². The first-order valence-corrected chi connectivity index (χ1v) is 8.63. The molecular formula is C9H16Br2FN2OP. The van der Waals surface area contributed by atoms with Gasteiger partial charge in [-0.25, -0.2) is 13.7 Å². The van der Waals surface area contributed by atoms with Gasteiger partial charge in [0.05, 0.1) is 0 Å². The van der Waals surface area contributed by atoms with Crippen LogP contribution in [0.15, 0.2) is 0 Å². The summed E-state index contributed by atoms with van der Waals surface area (Å²) in [6.45, 7) is 0. The number of rotatable bonds is 1. The summed E-state index contributed by atoms with van der Waals surface area (Å²) in [6, 6.07) is 0.435. The molecule has 7 heteroatoms. The molecule has 0 unspecified atom stereocenters. The second-order valence-corrected chi connectivity index (χ2v) is 12.0. The maximum Gasteiger partial charge on any atom is 0.296 e. The van der Waals surface area contributed by atoms with E-state index >= 15 is 0 Å². The Morgan fingerprint density at radius 2 is 1.56 bits per heavy atom. The van der Waals surface area contributed by atoms with Crippen molar-refractivity contribution in [2.24, 2.45) is 0 Å². The first-order valence-electron chi connectivity index (χ1n) is 5.43. The summed E-state index contributed by atoms with van der Waals surface area (Å²) in [6.07, 6.45) is 4.30. The van der Waals surface area contributed by atoms with Gasteiger partial charge in [-0.05, 0) is 58.8 Å². The summed E-state index contributed by atoms with van der Waals surface area (Å²) in [5.41, 5.74) is 0. The van der Waals surface area contributed by atoms with E-state index in [4.69, 9.17) is 0 Å². The monoisotopic (exact) mass is 376 g/mol. The van der Waals surface area contributed by atoms with Gasteiger partial charge in [-0.15, -0.1) is 0 Å². The third kappa shape index (κ3) is 1.76. The Balaban J connectivity index is 2.39. The fourth-order valence-electron chi connectivity index (χ4n) is 2.95. The molecule has 1 aliphatic heterocycles. The SMILES string of the molecule is CN1[C@@H]2CCCC[C@H]2N(C)P1(=O)C(F)(Br)Br. The zero-order valence-electron chi connectivity index (χ0n) is 9.37. The van der Waals surface area contributed by atoms with Crippen molar-refractivity contribution in [2.75, 3.05) is 14.1 Å². The van der Waals surface area contributed by atoms with Gasteiger partial charge in [0.25, 0.3) is 10.7 Å². The number of likely N-dealkylation sites (N-methyl/N-ethyl adjacent to an activating group) is 2. The molecule has 2 rings (SSSR count). The molecule has 1 saturated carbocycles. The molecule has 94 valence electrons. The minimum atomic E-state index is -3.21. The summed E-state index contributed by atoms with van der Waals surface area (Å²) < 4.78 is 28.4. The maximum absolute atomic E-state index is 14.1. The van der Waals surface area contributed by atoms with E-state index in [1.54, 1.807) is 23.4 Å². The van der Waals surface area contributed by atoms with Gasteiger partial charge >= 0.3 is 0 Å². The summed E-state index contributed by atoms with van der Waals surface area (Å²) in [7, 11) is 0.328. The second-order valence-electron chi connectivity index (χ2n) is 4.58. The van der Waals surface area contributed by atoms with Crippen LogP contribution in [0.2, 0.25) is 0 Å². The van der Waals surface area contributed by atoms with E-state index in [0.717, 1.165) is 25.7 Å². The number of halogens is 3. The van der Waals surface area contributed by atoms with Crippen molar-refractivity contribution in [1.29, 1.82) is 0 Å². The molecule has 0 amide bonds. The highest BCUT2D eigenvalue weighted by atomic mass is 79.9. The lowest BCUT2D eigenvalue weighted by molar-refractivity contribution is 0.233. The van der Waals surface area contributed by atoms with Crippen molar-refractivity contribution in [3.63, 3.8) is 0 Å². The highest BCUT2D eigenvalue weighted by molar-refractivity contribution is 9.27. The lowest BCUT2D eigenvalue weighted by Crippen LogP contribution is -2.37. The minimum Gasteiger partial charge on any atom is -0.283 e. The Hall–Kier alpha value is 1.04. The zero-order chi connectivity index (χ0) is 12.1. The van der Waals surface area contributed by atoms with Crippen LogP contribution >= 0.6 is 39.3 Å². The van der Waals surface area contributed by atoms with E-state index in [1.807, 2.05) is 0 Å². The molecule has 1 aliphatic carbocycles. The Morgan fingerprint density at radius 1 is 1.19 bits per heavy atom. The first-order chi connectivity index (χ1) is 7.30. The zero-order valence-corrected chi connectivity index (χ0v) is 13.4. The molecule has 0 aromatic rings. The predicted octanol–water partition coefficient (Wildman–Crippen LogP) is 3.74. The average molecular weight is 378 g/mol. The fourth-order valence-corrected chi connectivity index (χ4v) is 8.45. The largest absolute Gasteiger partial charge is 0.296 e. The lowest BCUT2D eigenvalue weighted by Gasteiger charge is -2.31. The predicted molar refractivity (Wildman–Crippen MR) is 70.9 cm³/mol. The van der Waals surface area contributed by atoms with Gasteiger partial charge in [0.1, 0.15) is 0 Å². The van der Waals surface area contributed by atoms with Gasteiger partial charge < -0.3 is 0 Å². The molecule has 3 nitrogen and oxygen atoms in total. The molecule has 0 aromatic carbocycles. The quantitative estimate of drug-likeness (QED) is 0.513. The van der Waals surface area contributed by atoms with Crippen molar-refractivity contribution < 1.29 is 8.96 Å². The molecule has 1 heterocycles. The number of alkyl halides is 3. The molecule has 0 radical (unpaired) electrons. The van der Waals surface area contributed by atoms with Crippen LogP contribution in [0, 0.1) is 0 Å². The molecule has 2 atom stereocenters. The molecule has 0 spiro atoms. The van der Waals surface area contributed by atoms with Gasteiger partial charge in [0.2, 0.25) is 0 Å². The summed E-state index contributed by atoms with van der Waals surface area (Å²) >= 11 is 5.76. The maximum atomic E-state index is 14.1. The molecule has 1 saturated heterocycles. The highest BCUT2D eigenvalue weighted by Gasteiger charge is 2.61. The van der Waals surface area contributed by atoms with Crippen molar-refractivity contribution in [1.82, 2.24) is 9.34 Å². The van der Waals surface area contributed by atoms with Crippen LogP contribution in [0.3, 0.4) is 0 Å². The second kappa shape index (κ2) is 4.30. The molecule has 2 fully saturated rings. The van der Waals surface area contributed by atoms with Crippen molar-refractivity contribution in [3.05, 3.63) is 0 Å². The number of hydrogen-bond acceptors (Lipinski definition) is 1. The Kier molecular flexibility index (Phi) is 3.62. The van der Waals surface area contributed by atoms with Crippen LogP contribution in [0.1, 0.15) is 25.7 Å². The topological polar surface area (TPSA) is 23.6 Å². The molecular weight excluding hydrogens is 362 g/mol. The first kappa shape index (κ1) is 13.5. The van der Waals surface area contributed by atoms with Gasteiger partial charge in [0.15, 0.2) is 0 Å². The average Bonchev–Trinajstić information content (AvgIpc) is 2.42. The van der Waals surface area contributed by atoms with E-state index in [-0.39, 0.29) is 12.1 Å². The summed E-state index contributed by atoms with van der Waals surface area (Å²) in [4.78, 5) is 0. The van der Waals surface area contributed by atoms with E-state index in [2.05, 4.69) is 31.9 Å². The third-order valence-corrected chi connectivity index (χ3v) is 9.58. The Labute approximate surface area is 112 Å². The van der Waals surface area contributed by atoms with Gasteiger partial charge in [0, 0.05) is 12.1 Å². The third-order valence-electron chi connectivity index (χ3n) is 3.84. The van der Waals surface area contributed by atoms with Crippen LogP contribution in [-0.2, 0) is 4.57 Å². The smallest absolute Gasteiger partial charge is 0.283 e. The van der Waals surface area contributed by atoms with Crippen molar-refractivity contribution >= 4 is 39.3 Å². The number of hydrogen-bond donors (Lipinski definition) is 0. The van der Waals surface area contributed by atoms with Gasteiger partial charge in [-0.3, -0.25) is 4.57 Å². The van der Waals surface area contributed by atoms with Crippen LogP contribution in [-0.4, -0.2) is 38.7 Å². The Morgan fingerprint density at radius 3 is 1.88 bits per heavy atom. The normalized spacial score (nSPS) is 36.3. The number of fused-ring (bicyclic) bond motifs is 1. The van der Waals surface area contributed by atoms with E-state index in [1.165, 1.54) is 0 Å². The lowest BCUT2D eigenvalue weighted by atomic mass is 9.91. The van der Waals surface area contributed by atoms with Crippen LogP contribution < -0.4 is 0 Å². The van der Waals surface area contributed by atoms with E-state index < -0.39 is 10.7 Å². The fraction of sp³-hybridized carbons (Fsp3) is 1.00.